The Balaban J connectivity index is 1.50. The van der Waals surface area contributed by atoms with Crippen molar-refractivity contribution in [3.63, 3.8) is 0 Å². The minimum atomic E-state index is -0.579. The third kappa shape index (κ3) is 4.66. The lowest BCUT2D eigenvalue weighted by Crippen LogP contribution is -2.50. The first-order valence-corrected chi connectivity index (χ1v) is 11.1. The predicted octanol–water partition coefficient (Wildman–Crippen LogP) is 1.64. The van der Waals surface area contributed by atoms with Gasteiger partial charge in [-0.3, -0.25) is 9.78 Å². The summed E-state index contributed by atoms with van der Waals surface area (Å²) >= 11 is 0. The number of amides is 2. The Kier molecular flexibility index (Phi) is 5.81. The third-order valence-corrected chi connectivity index (χ3v) is 6.08. The van der Waals surface area contributed by atoms with E-state index in [0.717, 1.165) is 24.2 Å². The van der Waals surface area contributed by atoms with E-state index in [4.69, 9.17) is 9.47 Å². The number of hydrogen-bond donors (Lipinski definition) is 1. The lowest BCUT2D eigenvalue weighted by molar-refractivity contribution is -0.118. The van der Waals surface area contributed by atoms with Crippen LogP contribution in [0, 0.1) is 0 Å². The molecule has 1 aromatic heterocycles. The van der Waals surface area contributed by atoms with E-state index in [1.54, 1.807) is 17.0 Å². The molecule has 0 spiro atoms. The normalized spacial score (nSPS) is 19.8. The lowest BCUT2D eigenvalue weighted by atomic mass is 10.1. The maximum Gasteiger partial charge on any atom is 0.410 e. The van der Waals surface area contributed by atoms with Crippen molar-refractivity contribution >= 4 is 18.0 Å². The molecular weight excluding hydrogens is 426 g/mol. The van der Waals surface area contributed by atoms with E-state index in [1.165, 1.54) is 13.3 Å². The van der Waals surface area contributed by atoms with Gasteiger partial charge in [-0.25, -0.2) is 14.6 Å². The number of nitrogens with zero attached hydrogens (tertiary/aromatic N) is 4. The first-order chi connectivity index (χ1) is 15.5. The van der Waals surface area contributed by atoms with Gasteiger partial charge < -0.3 is 24.7 Å². The van der Waals surface area contributed by atoms with Crippen LogP contribution in [0.25, 0.3) is 0 Å². The average molecular weight is 458 g/mol. The molecule has 3 heterocycles. The highest BCUT2D eigenvalue weighted by Gasteiger charge is 2.48. The second kappa shape index (κ2) is 8.33. The maximum atomic E-state index is 13.3. The summed E-state index contributed by atoms with van der Waals surface area (Å²) in [7, 11) is 3.26. The van der Waals surface area contributed by atoms with Gasteiger partial charge in [0.2, 0.25) is 0 Å². The molecule has 2 fully saturated rings. The van der Waals surface area contributed by atoms with Crippen molar-refractivity contribution in [1.29, 1.82) is 0 Å². The molecule has 33 heavy (non-hydrogen) atoms. The van der Waals surface area contributed by atoms with Gasteiger partial charge in [-0.15, -0.1) is 0 Å². The topological polar surface area (TPSA) is 104 Å². The largest absolute Gasteiger partial charge is 0.465 e. The number of likely N-dealkylation sites (N-methyl/N-ethyl adjacent to an activating group) is 1. The molecule has 1 aliphatic carbocycles. The van der Waals surface area contributed by atoms with Gasteiger partial charge >= 0.3 is 12.1 Å². The van der Waals surface area contributed by atoms with Gasteiger partial charge in [-0.1, -0.05) is 0 Å². The quantitative estimate of drug-likeness (QED) is 0.681. The molecule has 1 aromatic rings. The summed E-state index contributed by atoms with van der Waals surface area (Å²) < 4.78 is 10.2. The number of piperazine rings is 1. The number of carbonyl (C=O) groups is 3. The number of pyridine rings is 1. The van der Waals surface area contributed by atoms with E-state index in [2.05, 4.69) is 15.3 Å². The fraction of sp³-hybridized carbons (Fsp3) is 0.565. The first-order valence-electron chi connectivity index (χ1n) is 11.1. The molecule has 3 aliphatic rings. The summed E-state index contributed by atoms with van der Waals surface area (Å²) in [5.74, 6) is -0.613. The van der Waals surface area contributed by atoms with Crippen molar-refractivity contribution in [3.05, 3.63) is 40.9 Å². The molecule has 2 amide bonds. The number of esters is 1. The molecule has 4 rings (SSSR count). The summed E-state index contributed by atoms with van der Waals surface area (Å²) in [5, 5.41) is 7.21. The van der Waals surface area contributed by atoms with Gasteiger partial charge in [0, 0.05) is 19.8 Å². The van der Waals surface area contributed by atoms with Crippen LogP contribution in [0.1, 0.15) is 49.7 Å². The minimum Gasteiger partial charge on any atom is -0.465 e. The Morgan fingerprint density at radius 3 is 2.42 bits per heavy atom. The van der Waals surface area contributed by atoms with Crippen molar-refractivity contribution in [2.45, 2.75) is 44.8 Å². The SMILES string of the molecule is COC(=O)c1ccc(C2(NC(=O)C3=C4CN(C(=O)OC(C)(C)C)CCN4N(C)C3)CC2)nc1. The Morgan fingerprint density at radius 2 is 1.85 bits per heavy atom. The van der Waals surface area contributed by atoms with Crippen LogP contribution < -0.4 is 5.32 Å². The van der Waals surface area contributed by atoms with Crippen LogP contribution >= 0.6 is 0 Å². The van der Waals surface area contributed by atoms with E-state index in [0.29, 0.717) is 37.3 Å². The lowest BCUT2D eigenvalue weighted by Gasteiger charge is -2.38. The fourth-order valence-corrected chi connectivity index (χ4v) is 4.19. The summed E-state index contributed by atoms with van der Waals surface area (Å²) in [6, 6.07) is 3.42. The Bertz CT molecular complexity index is 993. The molecule has 0 radical (unpaired) electrons. The van der Waals surface area contributed by atoms with Crippen molar-refractivity contribution in [2.24, 2.45) is 0 Å². The molecule has 0 bridgehead atoms. The Hall–Kier alpha value is -3.14. The molecule has 1 N–H and O–H groups in total. The predicted molar refractivity (Wildman–Crippen MR) is 119 cm³/mol. The third-order valence-electron chi connectivity index (χ3n) is 6.08. The number of rotatable bonds is 4. The van der Waals surface area contributed by atoms with E-state index in [9.17, 15) is 14.4 Å². The monoisotopic (exact) mass is 457 g/mol. The van der Waals surface area contributed by atoms with E-state index in [-0.39, 0.29) is 12.0 Å². The highest BCUT2D eigenvalue weighted by molar-refractivity contribution is 5.96. The summed E-state index contributed by atoms with van der Waals surface area (Å²) in [4.78, 5) is 43.7. The van der Waals surface area contributed by atoms with E-state index < -0.39 is 17.1 Å². The molecule has 0 unspecified atom stereocenters. The standard InChI is InChI=1S/C23H31N5O5/c1-22(2,3)33-21(31)27-10-11-28-17(14-27)16(13-26(28)4)19(29)25-23(8-9-23)18-7-6-15(12-24-18)20(30)32-5/h6-7,12H,8-11,13-14H2,1-5H3,(H,25,29). The van der Waals surface area contributed by atoms with Crippen LogP contribution in [-0.4, -0.2) is 83.8 Å². The number of methoxy groups -OCH3 is 1. The van der Waals surface area contributed by atoms with Crippen LogP contribution in [0.3, 0.4) is 0 Å². The number of aromatic nitrogens is 1. The van der Waals surface area contributed by atoms with Crippen LogP contribution in [-0.2, 0) is 19.8 Å². The summed E-state index contributed by atoms with van der Waals surface area (Å²) in [6.45, 7) is 7.42. The Morgan fingerprint density at radius 1 is 1.12 bits per heavy atom. The highest BCUT2D eigenvalue weighted by atomic mass is 16.6. The van der Waals surface area contributed by atoms with Crippen LogP contribution in [0.15, 0.2) is 29.6 Å². The summed E-state index contributed by atoms with van der Waals surface area (Å²) in [6.07, 6.45) is 2.64. The van der Waals surface area contributed by atoms with Crippen LogP contribution in [0.4, 0.5) is 4.79 Å². The Labute approximate surface area is 193 Å². The molecule has 0 aromatic carbocycles. The van der Waals surface area contributed by atoms with Crippen molar-refractivity contribution < 1.29 is 23.9 Å². The van der Waals surface area contributed by atoms with Gasteiger partial charge in [0.25, 0.3) is 5.91 Å². The minimum absolute atomic E-state index is 0.165. The second-order valence-electron chi connectivity index (χ2n) is 9.73. The van der Waals surface area contributed by atoms with Gasteiger partial charge in [0.15, 0.2) is 0 Å². The van der Waals surface area contributed by atoms with Crippen molar-refractivity contribution in [2.75, 3.05) is 40.3 Å². The molecule has 2 aliphatic heterocycles. The van der Waals surface area contributed by atoms with Crippen LogP contribution in [0.2, 0.25) is 0 Å². The van der Waals surface area contributed by atoms with Crippen LogP contribution in [0.5, 0.6) is 0 Å². The van der Waals surface area contributed by atoms with E-state index in [1.807, 2.05) is 32.8 Å². The zero-order chi connectivity index (χ0) is 24.0. The fourth-order valence-electron chi connectivity index (χ4n) is 4.19. The molecular formula is C23H31N5O5. The average Bonchev–Trinajstić information content (AvgIpc) is 3.47. The molecule has 1 saturated carbocycles. The van der Waals surface area contributed by atoms with Gasteiger partial charge in [0.05, 0.1) is 54.8 Å². The van der Waals surface area contributed by atoms with E-state index >= 15 is 0 Å². The number of carbonyl (C=O) groups excluding carboxylic acids is 3. The molecule has 1 saturated heterocycles. The zero-order valence-corrected chi connectivity index (χ0v) is 19.8. The van der Waals surface area contributed by atoms with Gasteiger partial charge in [-0.2, -0.15) is 0 Å². The number of fused-ring (bicyclic) bond motifs is 1. The van der Waals surface area contributed by atoms with Crippen molar-refractivity contribution in [1.82, 2.24) is 25.2 Å². The highest BCUT2D eigenvalue weighted by Crippen LogP contribution is 2.45. The molecule has 0 atom stereocenters. The van der Waals surface area contributed by atoms with Gasteiger partial charge in [0.1, 0.15) is 5.60 Å². The number of hydrogen-bond acceptors (Lipinski definition) is 8. The number of ether oxygens (including phenoxy) is 2. The number of nitrogens with one attached hydrogen (secondary N) is 1. The molecule has 10 nitrogen and oxygen atoms in total. The zero-order valence-electron chi connectivity index (χ0n) is 19.8. The number of hydrazine groups is 1. The van der Waals surface area contributed by atoms with Gasteiger partial charge in [-0.05, 0) is 45.7 Å². The van der Waals surface area contributed by atoms with Crippen molar-refractivity contribution in [3.8, 4) is 0 Å². The summed E-state index contributed by atoms with van der Waals surface area (Å²) in [5.41, 5.74) is 1.43. The molecule has 10 heteroatoms. The maximum absolute atomic E-state index is 13.3. The molecule has 178 valence electrons. The second-order valence-corrected chi connectivity index (χ2v) is 9.73. The smallest absolute Gasteiger partial charge is 0.410 e. The first kappa shape index (κ1) is 23.0.